The highest BCUT2D eigenvalue weighted by molar-refractivity contribution is 7.26. The lowest BCUT2D eigenvalue weighted by molar-refractivity contribution is 1.61. The van der Waals surface area contributed by atoms with Gasteiger partial charge in [0.05, 0.1) is 0 Å². The Hall–Kier alpha value is -3.40. The van der Waals surface area contributed by atoms with E-state index >= 15 is 0 Å². The van der Waals surface area contributed by atoms with E-state index in [1.165, 1.54) is 51.1 Å². The maximum Gasteiger partial charge on any atom is 0.0398 e. The van der Waals surface area contributed by atoms with Crippen molar-refractivity contribution in [3.8, 4) is 0 Å². The van der Waals surface area contributed by atoms with Crippen molar-refractivity contribution >= 4 is 85.2 Å². The maximum atomic E-state index is 3.63. The number of benzene rings is 5. The van der Waals surface area contributed by atoms with Crippen LogP contribution in [-0.2, 0) is 0 Å². The molecule has 1 nitrogen and oxygen atoms in total. The largest absolute Gasteiger partial charge is 0.355 e. The molecule has 2 aromatic heterocycles. The molecule has 0 aliphatic heterocycles. The fourth-order valence-electron chi connectivity index (χ4n) is 4.59. The topological polar surface area (TPSA) is 12.0 Å². The Morgan fingerprint density at radius 3 is 1.97 bits per heavy atom. The summed E-state index contributed by atoms with van der Waals surface area (Å²) in [7, 11) is 0. The van der Waals surface area contributed by atoms with Crippen molar-refractivity contribution in [1.82, 2.24) is 0 Å². The SMILES string of the molecule is c1ccc2c(c1)ccc1sc3cc(Nc4ccc5c(c4)sc4ccccc45)ccc3c12. The summed E-state index contributed by atoms with van der Waals surface area (Å²) in [6, 6.07) is 35.2. The third-order valence-corrected chi connectivity index (χ3v) is 8.28. The lowest BCUT2D eigenvalue weighted by Gasteiger charge is -2.07. The molecular weight excluding hydrogens is 414 g/mol. The zero-order chi connectivity index (χ0) is 20.4. The van der Waals surface area contributed by atoms with Crippen molar-refractivity contribution < 1.29 is 0 Å². The van der Waals surface area contributed by atoms with Crippen LogP contribution >= 0.6 is 22.7 Å². The van der Waals surface area contributed by atoms with E-state index in [0.717, 1.165) is 11.4 Å². The van der Waals surface area contributed by atoms with Crippen molar-refractivity contribution in [3.05, 3.63) is 97.1 Å². The normalized spacial score (nSPS) is 11.9. The van der Waals surface area contributed by atoms with Crippen molar-refractivity contribution in [3.63, 3.8) is 0 Å². The van der Waals surface area contributed by atoms with Gasteiger partial charge in [-0.05, 0) is 47.2 Å². The van der Waals surface area contributed by atoms with Crippen LogP contribution in [0.25, 0.3) is 51.1 Å². The fourth-order valence-corrected chi connectivity index (χ4v) is 6.90. The van der Waals surface area contributed by atoms with Crippen molar-refractivity contribution in [2.75, 3.05) is 5.32 Å². The van der Waals surface area contributed by atoms with Gasteiger partial charge in [-0.2, -0.15) is 0 Å². The van der Waals surface area contributed by atoms with E-state index in [9.17, 15) is 0 Å². The Labute approximate surface area is 187 Å². The maximum absolute atomic E-state index is 3.63. The van der Waals surface area contributed by atoms with Gasteiger partial charge in [0.1, 0.15) is 0 Å². The third kappa shape index (κ3) is 2.67. The molecule has 0 amide bonds. The number of fused-ring (bicyclic) bond motifs is 8. The molecule has 0 spiro atoms. The van der Waals surface area contributed by atoms with Crippen molar-refractivity contribution in [2.24, 2.45) is 0 Å². The van der Waals surface area contributed by atoms with Gasteiger partial charge in [0.2, 0.25) is 0 Å². The van der Waals surface area contributed by atoms with E-state index in [-0.39, 0.29) is 0 Å². The minimum Gasteiger partial charge on any atom is -0.355 e. The summed E-state index contributed by atoms with van der Waals surface area (Å²) in [5.41, 5.74) is 2.26. The highest BCUT2D eigenvalue weighted by atomic mass is 32.1. The van der Waals surface area contributed by atoms with Gasteiger partial charge in [0, 0.05) is 51.7 Å². The molecule has 5 aromatic carbocycles. The molecule has 3 heteroatoms. The van der Waals surface area contributed by atoms with Gasteiger partial charge in [-0.3, -0.25) is 0 Å². The molecule has 1 N–H and O–H groups in total. The zero-order valence-corrected chi connectivity index (χ0v) is 18.2. The lowest BCUT2D eigenvalue weighted by Crippen LogP contribution is -1.89. The minimum atomic E-state index is 1.13. The van der Waals surface area contributed by atoms with Crippen LogP contribution in [0.3, 0.4) is 0 Å². The van der Waals surface area contributed by atoms with Crippen LogP contribution in [-0.4, -0.2) is 0 Å². The van der Waals surface area contributed by atoms with Crippen LogP contribution in [0.15, 0.2) is 97.1 Å². The summed E-state index contributed by atoms with van der Waals surface area (Å²) in [5, 5.41) is 11.6. The Morgan fingerprint density at radius 2 is 1.10 bits per heavy atom. The molecule has 0 saturated carbocycles. The van der Waals surface area contributed by atoms with Gasteiger partial charge in [-0.15, -0.1) is 22.7 Å². The summed E-state index contributed by atoms with van der Waals surface area (Å²) in [4.78, 5) is 0. The monoisotopic (exact) mass is 431 g/mol. The Bertz CT molecular complexity index is 1770. The van der Waals surface area contributed by atoms with Crippen molar-refractivity contribution in [1.29, 1.82) is 0 Å². The van der Waals surface area contributed by atoms with E-state index in [2.05, 4.69) is 102 Å². The fraction of sp³-hybridized carbons (Fsp3) is 0. The molecule has 2 heterocycles. The summed E-state index contributed by atoms with van der Waals surface area (Å²) < 4.78 is 5.33. The highest BCUT2D eigenvalue weighted by Crippen LogP contribution is 2.40. The third-order valence-electron chi connectivity index (χ3n) is 6.03. The molecule has 0 radical (unpaired) electrons. The standard InChI is InChI=1S/C28H17NS2/c1-2-6-20-17(5-1)9-14-25-28(20)23-13-11-19(16-27(23)31-25)29-18-10-12-22-21-7-3-4-8-24(21)30-26(22)15-18/h1-16,29H. The van der Waals surface area contributed by atoms with Crippen LogP contribution in [0.1, 0.15) is 0 Å². The smallest absolute Gasteiger partial charge is 0.0398 e. The molecular formula is C28H17NS2. The van der Waals surface area contributed by atoms with Crippen molar-refractivity contribution in [2.45, 2.75) is 0 Å². The average molecular weight is 432 g/mol. The van der Waals surface area contributed by atoms with Crippen LogP contribution in [0.2, 0.25) is 0 Å². The predicted octanol–water partition coefficient (Wildman–Crippen LogP) is 9.32. The molecule has 0 unspecified atom stereocenters. The molecule has 31 heavy (non-hydrogen) atoms. The molecule has 7 aromatic rings. The Kier molecular flexibility index (Phi) is 3.65. The second-order valence-electron chi connectivity index (χ2n) is 7.91. The number of anilines is 2. The van der Waals surface area contributed by atoms with Crippen LogP contribution in [0.4, 0.5) is 11.4 Å². The molecule has 0 saturated heterocycles. The van der Waals surface area contributed by atoms with E-state index in [1.807, 2.05) is 22.7 Å². The van der Waals surface area contributed by atoms with Crippen LogP contribution < -0.4 is 5.32 Å². The molecule has 0 atom stereocenters. The molecule has 7 rings (SSSR count). The summed E-state index contributed by atoms with van der Waals surface area (Å²) in [6.07, 6.45) is 0. The molecule has 146 valence electrons. The van der Waals surface area contributed by atoms with E-state index < -0.39 is 0 Å². The molecule has 0 aliphatic rings. The van der Waals surface area contributed by atoms with Gasteiger partial charge in [0.15, 0.2) is 0 Å². The second kappa shape index (κ2) is 6.55. The van der Waals surface area contributed by atoms with Crippen LogP contribution in [0.5, 0.6) is 0 Å². The van der Waals surface area contributed by atoms with E-state index in [4.69, 9.17) is 0 Å². The number of hydrogen-bond donors (Lipinski definition) is 1. The van der Waals surface area contributed by atoms with E-state index in [0.29, 0.717) is 0 Å². The first-order chi connectivity index (χ1) is 15.3. The van der Waals surface area contributed by atoms with Gasteiger partial charge >= 0.3 is 0 Å². The minimum absolute atomic E-state index is 1.13. The zero-order valence-electron chi connectivity index (χ0n) is 16.6. The van der Waals surface area contributed by atoms with E-state index in [1.54, 1.807) is 0 Å². The predicted molar refractivity (Wildman–Crippen MR) is 139 cm³/mol. The summed E-state index contributed by atoms with van der Waals surface area (Å²) in [5.74, 6) is 0. The van der Waals surface area contributed by atoms with Gasteiger partial charge in [-0.1, -0.05) is 60.7 Å². The van der Waals surface area contributed by atoms with Gasteiger partial charge < -0.3 is 5.32 Å². The number of rotatable bonds is 2. The lowest BCUT2D eigenvalue weighted by atomic mass is 10.0. The summed E-state index contributed by atoms with van der Waals surface area (Å²) in [6.45, 7) is 0. The first kappa shape index (κ1) is 17.3. The van der Waals surface area contributed by atoms with Crippen LogP contribution in [0, 0.1) is 0 Å². The summed E-state index contributed by atoms with van der Waals surface area (Å²) >= 11 is 3.72. The Balaban J connectivity index is 1.33. The average Bonchev–Trinajstić information content (AvgIpc) is 3.36. The molecule has 0 bridgehead atoms. The second-order valence-corrected chi connectivity index (χ2v) is 10.1. The number of thiophene rings is 2. The first-order valence-electron chi connectivity index (χ1n) is 10.4. The number of hydrogen-bond acceptors (Lipinski definition) is 3. The number of nitrogens with one attached hydrogen (secondary N) is 1. The quantitative estimate of drug-likeness (QED) is 0.287. The van der Waals surface area contributed by atoms with Gasteiger partial charge in [0.25, 0.3) is 0 Å². The molecule has 0 fully saturated rings. The van der Waals surface area contributed by atoms with Gasteiger partial charge in [-0.25, -0.2) is 0 Å². The molecule has 0 aliphatic carbocycles. The first-order valence-corrected chi connectivity index (χ1v) is 12.0. The highest BCUT2D eigenvalue weighted by Gasteiger charge is 2.10. The Morgan fingerprint density at radius 1 is 0.452 bits per heavy atom.